The Balaban J connectivity index is 1.92. The molecule has 0 bridgehead atoms. The van der Waals surface area contributed by atoms with Gasteiger partial charge in [0.1, 0.15) is 11.0 Å². The van der Waals surface area contributed by atoms with E-state index in [-0.39, 0.29) is 6.04 Å². The van der Waals surface area contributed by atoms with E-state index in [4.69, 9.17) is 17.3 Å². The monoisotopic (exact) mass is 313 g/mol. The summed E-state index contributed by atoms with van der Waals surface area (Å²) in [5.74, 6) is 1.78. The summed E-state index contributed by atoms with van der Waals surface area (Å²) in [5, 5.41) is 0.529. The zero-order valence-electron chi connectivity index (χ0n) is 12.2. The van der Waals surface area contributed by atoms with Crippen molar-refractivity contribution < 1.29 is 0 Å². The van der Waals surface area contributed by atoms with Gasteiger partial charge in [-0.2, -0.15) is 0 Å². The second-order valence-corrected chi connectivity index (χ2v) is 6.13. The number of benzene rings is 1. The van der Waals surface area contributed by atoms with E-state index in [0.717, 1.165) is 22.4 Å². The SMILES string of the molecule is CC(N)c1nc2ccccc2n1-c1ncc(C2CC2)c(Cl)n1. The molecule has 2 heterocycles. The summed E-state index contributed by atoms with van der Waals surface area (Å²) in [6.45, 7) is 1.90. The molecule has 0 spiro atoms. The number of hydrogen-bond acceptors (Lipinski definition) is 4. The molecule has 6 heteroatoms. The van der Waals surface area contributed by atoms with Crippen LogP contribution in [0, 0.1) is 0 Å². The Morgan fingerprint density at radius 3 is 2.73 bits per heavy atom. The van der Waals surface area contributed by atoms with Crippen molar-refractivity contribution in [1.29, 1.82) is 0 Å². The van der Waals surface area contributed by atoms with Crippen molar-refractivity contribution in [3.63, 3.8) is 0 Å². The van der Waals surface area contributed by atoms with E-state index < -0.39 is 0 Å². The molecular formula is C16H16ClN5. The lowest BCUT2D eigenvalue weighted by atomic mass is 10.2. The quantitative estimate of drug-likeness (QED) is 0.753. The van der Waals surface area contributed by atoms with Gasteiger partial charge in [-0.1, -0.05) is 23.7 Å². The lowest BCUT2D eigenvalue weighted by Gasteiger charge is -2.11. The molecule has 1 aliphatic carbocycles. The van der Waals surface area contributed by atoms with Crippen LogP contribution in [-0.2, 0) is 0 Å². The molecule has 0 saturated heterocycles. The third kappa shape index (κ3) is 2.17. The molecule has 1 saturated carbocycles. The van der Waals surface area contributed by atoms with Crippen molar-refractivity contribution in [3.8, 4) is 5.95 Å². The second-order valence-electron chi connectivity index (χ2n) is 5.77. The van der Waals surface area contributed by atoms with Crippen LogP contribution < -0.4 is 5.73 Å². The van der Waals surface area contributed by atoms with Gasteiger partial charge in [0.25, 0.3) is 0 Å². The van der Waals surface area contributed by atoms with Crippen molar-refractivity contribution in [2.75, 3.05) is 0 Å². The van der Waals surface area contributed by atoms with Gasteiger partial charge < -0.3 is 5.73 Å². The zero-order chi connectivity index (χ0) is 15.3. The van der Waals surface area contributed by atoms with E-state index >= 15 is 0 Å². The Labute approximate surface area is 133 Å². The summed E-state index contributed by atoms with van der Waals surface area (Å²) in [6.07, 6.45) is 4.17. The fraction of sp³-hybridized carbons (Fsp3) is 0.312. The van der Waals surface area contributed by atoms with Crippen LogP contribution >= 0.6 is 11.6 Å². The minimum Gasteiger partial charge on any atom is -0.322 e. The molecule has 1 aliphatic rings. The highest BCUT2D eigenvalue weighted by molar-refractivity contribution is 6.30. The highest BCUT2D eigenvalue weighted by Crippen LogP contribution is 2.42. The molecule has 5 nitrogen and oxygen atoms in total. The average molecular weight is 314 g/mol. The minimum atomic E-state index is -0.224. The van der Waals surface area contributed by atoms with Crippen LogP contribution in [0.4, 0.5) is 0 Å². The highest BCUT2D eigenvalue weighted by Gasteiger charge is 2.27. The van der Waals surface area contributed by atoms with Crippen LogP contribution in [0.5, 0.6) is 0 Å². The lowest BCUT2D eigenvalue weighted by Crippen LogP contribution is -2.14. The van der Waals surface area contributed by atoms with Crippen molar-refractivity contribution in [1.82, 2.24) is 19.5 Å². The van der Waals surface area contributed by atoms with Crippen LogP contribution in [0.2, 0.25) is 5.15 Å². The number of para-hydroxylation sites is 2. The molecule has 1 fully saturated rings. The average Bonchev–Trinajstić information content (AvgIpc) is 3.26. The largest absolute Gasteiger partial charge is 0.322 e. The first kappa shape index (κ1) is 13.7. The van der Waals surface area contributed by atoms with E-state index in [0.29, 0.717) is 17.0 Å². The van der Waals surface area contributed by atoms with E-state index in [2.05, 4.69) is 15.0 Å². The van der Waals surface area contributed by atoms with Gasteiger partial charge >= 0.3 is 0 Å². The van der Waals surface area contributed by atoms with Gasteiger partial charge in [0.2, 0.25) is 5.95 Å². The molecule has 2 N–H and O–H groups in total. The Morgan fingerprint density at radius 2 is 2.05 bits per heavy atom. The molecular weight excluding hydrogens is 298 g/mol. The number of imidazole rings is 1. The number of halogens is 1. The van der Waals surface area contributed by atoms with Crippen LogP contribution in [0.15, 0.2) is 30.5 Å². The normalized spacial score (nSPS) is 16.1. The van der Waals surface area contributed by atoms with Gasteiger partial charge in [-0.05, 0) is 37.8 Å². The Morgan fingerprint density at radius 1 is 1.27 bits per heavy atom. The molecule has 22 heavy (non-hydrogen) atoms. The molecule has 3 aromatic rings. The van der Waals surface area contributed by atoms with Crippen molar-refractivity contribution in [2.45, 2.75) is 31.7 Å². The number of nitrogens with two attached hydrogens (primary N) is 1. The number of aromatic nitrogens is 4. The van der Waals surface area contributed by atoms with Crippen LogP contribution in [-0.4, -0.2) is 19.5 Å². The maximum Gasteiger partial charge on any atom is 0.237 e. The molecule has 4 rings (SSSR count). The third-order valence-corrected chi connectivity index (χ3v) is 4.27. The standard InChI is InChI=1S/C16H16ClN5/c1-9(18)15-20-12-4-2-3-5-13(12)22(15)16-19-8-11(10-6-7-10)14(17)21-16/h2-5,8-10H,6-7,18H2,1H3. The molecule has 2 aromatic heterocycles. The van der Waals surface area contributed by atoms with E-state index in [1.54, 1.807) is 0 Å². The summed E-state index contributed by atoms with van der Waals surface area (Å²) in [5.41, 5.74) is 8.92. The molecule has 1 unspecified atom stereocenters. The molecule has 1 atom stereocenters. The summed E-state index contributed by atoms with van der Waals surface area (Å²) < 4.78 is 1.89. The van der Waals surface area contributed by atoms with Gasteiger partial charge in [0.05, 0.1) is 17.1 Å². The Bertz CT molecular complexity index is 851. The van der Waals surface area contributed by atoms with Crippen LogP contribution in [0.25, 0.3) is 17.0 Å². The fourth-order valence-electron chi connectivity index (χ4n) is 2.70. The topological polar surface area (TPSA) is 69.6 Å². The third-order valence-electron chi connectivity index (χ3n) is 3.97. The van der Waals surface area contributed by atoms with E-state index in [1.807, 2.05) is 42.0 Å². The smallest absolute Gasteiger partial charge is 0.237 e. The van der Waals surface area contributed by atoms with Crippen molar-refractivity contribution >= 4 is 22.6 Å². The number of fused-ring (bicyclic) bond motifs is 1. The predicted octanol–water partition coefficient (Wildman–Crippen LogP) is 3.37. The summed E-state index contributed by atoms with van der Waals surface area (Å²) in [4.78, 5) is 13.6. The number of hydrogen-bond donors (Lipinski definition) is 1. The van der Waals surface area contributed by atoms with Crippen LogP contribution in [0.1, 0.15) is 43.1 Å². The first-order valence-electron chi connectivity index (χ1n) is 7.41. The predicted molar refractivity (Wildman–Crippen MR) is 86.2 cm³/mol. The number of rotatable bonds is 3. The maximum atomic E-state index is 6.35. The molecule has 0 radical (unpaired) electrons. The summed E-state index contributed by atoms with van der Waals surface area (Å²) in [6, 6.07) is 7.64. The number of nitrogens with zero attached hydrogens (tertiary/aromatic N) is 4. The molecule has 112 valence electrons. The minimum absolute atomic E-state index is 0.224. The Kier molecular flexibility index (Phi) is 3.13. The molecule has 0 amide bonds. The molecule has 0 aliphatic heterocycles. The van der Waals surface area contributed by atoms with Gasteiger partial charge in [0.15, 0.2) is 0 Å². The lowest BCUT2D eigenvalue weighted by molar-refractivity contribution is 0.712. The maximum absolute atomic E-state index is 6.35. The first-order valence-corrected chi connectivity index (χ1v) is 7.78. The van der Waals surface area contributed by atoms with Gasteiger partial charge in [-0.25, -0.2) is 15.0 Å². The zero-order valence-corrected chi connectivity index (χ0v) is 13.0. The second kappa shape index (κ2) is 5.04. The van der Waals surface area contributed by atoms with Crippen molar-refractivity contribution in [2.24, 2.45) is 5.73 Å². The van der Waals surface area contributed by atoms with E-state index in [9.17, 15) is 0 Å². The Hall–Kier alpha value is -1.98. The first-order chi connectivity index (χ1) is 10.6. The molecule has 1 aromatic carbocycles. The van der Waals surface area contributed by atoms with Gasteiger partial charge in [0, 0.05) is 11.8 Å². The fourth-order valence-corrected chi connectivity index (χ4v) is 2.98. The van der Waals surface area contributed by atoms with Crippen LogP contribution in [0.3, 0.4) is 0 Å². The van der Waals surface area contributed by atoms with Crippen molar-refractivity contribution in [3.05, 3.63) is 47.0 Å². The van der Waals surface area contributed by atoms with E-state index in [1.165, 1.54) is 12.8 Å². The van der Waals surface area contributed by atoms with Gasteiger partial charge in [-0.15, -0.1) is 0 Å². The van der Waals surface area contributed by atoms with Gasteiger partial charge in [-0.3, -0.25) is 4.57 Å². The highest BCUT2D eigenvalue weighted by atomic mass is 35.5. The summed E-state index contributed by atoms with van der Waals surface area (Å²) >= 11 is 6.35. The summed E-state index contributed by atoms with van der Waals surface area (Å²) in [7, 11) is 0.